The van der Waals surface area contributed by atoms with Gasteiger partial charge in [-0.2, -0.15) is 0 Å². The minimum Gasteiger partial charge on any atom is -0.0763 e. The van der Waals surface area contributed by atoms with Gasteiger partial charge in [0.25, 0.3) is 0 Å². The Kier molecular flexibility index (Phi) is 2.72. The van der Waals surface area contributed by atoms with E-state index in [2.05, 4.69) is 49.4 Å². The molecule has 1 aliphatic rings. The maximum Gasteiger partial charge on any atom is -0.00851 e. The molecule has 0 aromatic heterocycles. The summed E-state index contributed by atoms with van der Waals surface area (Å²) in [6, 6.07) is 13.4. The lowest BCUT2D eigenvalue weighted by molar-refractivity contribution is 0.825. The van der Waals surface area contributed by atoms with Gasteiger partial charge in [-0.3, -0.25) is 0 Å². The first-order valence-corrected chi connectivity index (χ1v) is 6.59. The number of rotatable bonds is 3. The van der Waals surface area contributed by atoms with E-state index in [1.165, 1.54) is 41.2 Å². The Morgan fingerprint density at radius 1 is 1.06 bits per heavy atom. The summed E-state index contributed by atoms with van der Waals surface area (Å²) in [4.78, 5) is 0. The van der Waals surface area contributed by atoms with Gasteiger partial charge in [-0.25, -0.2) is 0 Å². The largest absolute Gasteiger partial charge is 0.0763 e. The fraction of sp³-hybridized carbons (Fsp3) is 0.294. The molecule has 0 atom stereocenters. The van der Waals surface area contributed by atoms with Crippen molar-refractivity contribution in [3.8, 4) is 0 Å². The molecule has 0 nitrogen and oxygen atoms in total. The van der Waals surface area contributed by atoms with Crippen LogP contribution in [0, 0.1) is 0 Å². The second kappa shape index (κ2) is 4.37. The van der Waals surface area contributed by atoms with E-state index in [1.807, 2.05) is 0 Å². The summed E-state index contributed by atoms with van der Waals surface area (Å²) < 4.78 is 0. The maximum atomic E-state index is 2.42. The van der Waals surface area contributed by atoms with E-state index in [-0.39, 0.29) is 0 Å². The highest BCUT2D eigenvalue weighted by atomic mass is 14.2. The standard InChI is InChI=1S/C17H18/c1-2-3-6-13-9-10-16-11-14-7-4-5-8-15(14)12-17(13)16/h4-5,7-9,11-12H,2-3,6,10H2,1H3. The van der Waals surface area contributed by atoms with Crippen molar-refractivity contribution in [2.45, 2.75) is 32.6 Å². The van der Waals surface area contributed by atoms with E-state index < -0.39 is 0 Å². The summed E-state index contributed by atoms with van der Waals surface area (Å²) >= 11 is 0. The predicted octanol–water partition coefficient (Wildman–Crippen LogP) is 4.97. The minimum atomic E-state index is 1.12. The zero-order valence-electron chi connectivity index (χ0n) is 10.4. The molecule has 0 heteroatoms. The number of benzene rings is 2. The average Bonchev–Trinajstić information content (AvgIpc) is 2.76. The first-order chi connectivity index (χ1) is 8.38. The van der Waals surface area contributed by atoms with Crippen molar-refractivity contribution >= 4 is 16.3 Å². The van der Waals surface area contributed by atoms with Gasteiger partial charge >= 0.3 is 0 Å². The fourth-order valence-corrected chi connectivity index (χ4v) is 2.70. The van der Waals surface area contributed by atoms with Crippen LogP contribution in [0.25, 0.3) is 16.3 Å². The average molecular weight is 222 g/mol. The summed E-state index contributed by atoms with van der Waals surface area (Å²) in [5, 5.41) is 2.74. The van der Waals surface area contributed by atoms with E-state index in [0.29, 0.717) is 0 Å². The summed E-state index contributed by atoms with van der Waals surface area (Å²) in [5.74, 6) is 0. The van der Waals surface area contributed by atoms with Crippen molar-refractivity contribution in [3.05, 3.63) is 53.6 Å². The lowest BCUT2D eigenvalue weighted by Crippen LogP contribution is -1.86. The van der Waals surface area contributed by atoms with E-state index in [1.54, 1.807) is 5.57 Å². The molecule has 0 saturated carbocycles. The summed E-state index contributed by atoms with van der Waals surface area (Å²) in [6.07, 6.45) is 7.36. The first-order valence-electron chi connectivity index (χ1n) is 6.59. The quantitative estimate of drug-likeness (QED) is 0.687. The molecule has 0 aliphatic heterocycles. The highest BCUT2D eigenvalue weighted by Gasteiger charge is 2.14. The van der Waals surface area contributed by atoms with Crippen molar-refractivity contribution in [2.24, 2.45) is 0 Å². The molecular formula is C17H18. The van der Waals surface area contributed by atoms with Crippen molar-refractivity contribution < 1.29 is 0 Å². The van der Waals surface area contributed by atoms with Crippen LogP contribution in [-0.2, 0) is 6.42 Å². The van der Waals surface area contributed by atoms with E-state index in [0.717, 1.165) is 6.42 Å². The third kappa shape index (κ3) is 1.88. The predicted molar refractivity (Wildman–Crippen MR) is 75.2 cm³/mol. The molecule has 0 fully saturated rings. The van der Waals surface area contributed by atoms with E-state index in [9.17, 15) is 0 Å². The zero-order chi connectivity index (χ0) is 11.7. The number of allylic oxidation sites excluding steroid dienone is 2. The Morgan fingerprint density at radius 3 is 2.59 bits per heavy atom. The molecular weight excluding hydrogens is 204 g/mol. The molecule has 17 heavy (non-hydrogen) atoms. The van der Waals surface area contributed by atoms with Gasteiger partial charge < -0.3 is 0 Å². The van der Waals surface area contributed by atoms with Gasteiger partial charge in [-0.1, -0.05) is 49.8 Å². The van der Waals surface area contributed by atoms with Gasteiger partial charge in [-0.15, -0.1) is 0 Å². The van der Waals surface area contributed by atoms with Crippen LogP contribution >= 0.6 is 0 Å². The topological polar surface area (TPSA) is 0 Å². The second-order valence-electron chi connectivity index (χ2n) is 4.89. The van der Waals surface area contributed by atoms with Gasteiger partial charge in [0.1, 0.15) is 0 Å². The third-order valence-corrected chi connectivity index (χ3v) is 3.69. The van der Waals surface area contributed by atoms with E-state index in [4.69, 9.17) is 0 Å². The lowest BCUT2D eigenvalue weighted by Gasteiger charge is -2.07. The highest BCUT2D eigenvalue weighted by Crippen LogP contribution is 2.34. The summed E-state index contributed by atoms with van der Waals surface area (Å²) in [5.41, 5.74) is 4.57. The SMILES string of the molecule is CCCCC1=CCc2cc3ccccc3cc21. The molecule has 0 N–H and O–H groups in total. The Morgan fingerprint density at radius 2 is 1.82 bits per heavy atom. The van der Waals surface area contributed by atoms with Crippen LogP contribution in [0.1, 0.15) is 37.3 Å². The van der Waals surface area contributed by atoms with Gasteiger partial charge in [0, 0.05) is 0 Å². The Balaban J connectivity index is 2.03. The van der Waals surface area contributed by atoms with Crippen LogP contribution in [0.3, 0.4) is 0 Å². The molecule has 0 heterocycles. The molecule has 3 rings (SSSR count). The van der Waals surface area contributed by atoms with Crippen LogP contribution in [0.5, 0.6) is 0 Å². The van der Waals surface area contributed by atoms with E-state index >= 15 is 0 Å². The fourth-order valence-electron chi connectivity index (χ4n) is 2.70. The van der Waals surface area contributed by atoms with Crippen LogP contribution in [-0.4, -0.2) is 0 Å². The maximum absolute atomic E-state index is 2.42. The number of fused-ring (bicyclic) bond motifs is 2. The smallest absolute Gasteiger partial charge is 0.00851 e. The molecule has 0 amide bonds. The molecule has 0 bridgehead atoms. The molecule has 0 radical (unpaired) electrons. The van der Waals surface area contributed by atoms with Crippen LogP contribution in [0.2, 0.25) is 0 Å². The zero-order valence-corrected chi connectivity index (χ0v) is 10.4. The van der Waals surface area contributed by atoms with Crippen LogP contribution in [0.4, 0.5) is 0 Å². The minimum absolute atomic E-state index is 1.12. The molecule has 1 aliphatic carbocycles. The normalized spacial score (nSPS) is 13.8. The Labute approximate surface area is 103 Å². The molecule has 2 aromatic rings. The third-order valence-electron chi connectivity index (χ3n) is 3.69. The van der Waals surface area contributed by atoms with Crippen molar-refractivity contribution in [2.75, 3.05) is 0 Å². The molecule has 0 spiro atoms. The first kappa shape index (κ1) is 10.6. The van der Waals surface area contributed by atoms with Gasteiger partial charge in [0.2, 0.25) is 0 Å². The Hall–Kier alpha value is -1.56. The number of hydrogen-bond acceptors (Lipinski definition) is 0. The van der Waals surface area contributed by atoms with Gasteiger partial charge in [0.15, 0.2) is 0 Å². The van der Waals surface area contributed by atoms with Crippen LogP contribution < -0.4 is 0 Å². The van der Waals surface area contributed by atoms with Gasteiger partial charge in [0.05, 0.1) is 0 Å². The summed E-state index contributed by atoms with van der Waals surface area (Å²) in [7, 11) is 0. The van der Waals surface area contributed by atoms with Crippen molar-refractivity contribution in [1.82, 2.24) is 0 Å². The Bertz CT molecular complexity index is 576. The van der Waals surface area contributed by atoms with Crippen molar-refractivity contribution in [1.29, 1.82) is 0 Å². The van der Waals surface area contributed by atoms with Gasteiger partial charge in [-0.05, 0) is 52.8 Å². The molecule has 0 unspecified atom stereocenters. The second-order valence-corrected chi connectivity index (χ2v) is 4.89. The molecule has 0 saturated heterocycles. The van der Waals surface area contributed by atoms with Crippen LogP contribution in [0.15, 0.2) is 42.5 Å². The molecule has 2 aromatic carbocycles. The van der Waals surface area contributed by atoms with Crippen molar-refractivity contribution in [3.63, 3.8) is 0 Å². The monoisotopic (exact) mass is 222 g/mol. The lowest BCUT2D eigenvalue weighted by atomic mass is 9.97. The summed E-state index contributed by atoms with van der Waals surface area (Å²) in [6.45, 7) is 2.26. The highest BCUT2D eigenvalue weighted by molar-refractivity contribution is 5.89. The number of hydrogen-bond donors (Lipinski definition) is 0. The molecule has 86 valence electrons. The number of unbranched alkanes of at least 4 members (excludes halogenated alkanes) is 1.